The summed E-state index contributed by atoms with van der Waals surface area (Å²) in [6.45, 7) is 1.86. The van der Waals surface area contributed by atoms with Crippen LogP contribution in [0.5, 0.6) is 0 Å². The lowest BCUT2D eigenvalue weighted by atomic mass is 9.93. The van der Waals surface area contributed by atoms with E-state index in [1.165, 1.54) is 6.07 Å². The minimum Gasteiger partial charge on any atom is -0.447 e. The van der Waals surface area contributed by atoms with Crippen LogP contribution in [0.1, 0.15) is 12.5 Å². The van der Waals surface area contributed by atoms with Crippen LogP contribution in [0.15, 0.2) is 22.7 Å². The first-order valence-electron chi connectivity index (χ1n) is 4.42. The minimum atomic E-state index is -0.787. The zero-order valence-electron chi connectivity index (χ0n) is 8.01. The summed E-state index contributed by atoms with van der Waals surface area (Å²) in [5, 5.41) is 2.59. The number of hydrogen-bond donors (Lipinski definition) is 1. The zero-order chi connectivity index (χ0) is 11.1. The van der Waals surface area contributed by atoms with Crippen LogP contribution in [0.3, 0.4) is 0 Å². The van der Waals surface area contributed by atoms with Crippen molar-refractivity contribution in [2.75, 3.05) is 6.61 Å². The van der Waals surface area contributed by atoms with Crippen LogP contribution in [0.2, 0.25) is 0 Å². The Bertz CT molecular complexity index is 424. The van der Waals surface area contributed by atoms with Gasteiger partial charge in [0.2, 0.25) is 0 Å². The highest BCUT2D eigenvalue weighted by Gasteiger charge is 2.38. The number of benzene rings is 1. The molecule has 0 saturated carbocycles. The topological polar surface area (TPSA) is 38.3 Å². The Labute approximate surface area is 94.7 Å². The molecule has 0 radical (unpaired) electrons. The molecule has 0 aliphatic carbocycles. The molecule has 1 aromatic rings. The number of halogens is 2. The van der Waals surface area contributed by atoms with Gasteiger partial charge in [0.25, 0.3) is 0 Å². The number of nitrogens with one attached hydrogen (secondary N) is 1. The smallest absolute Gasteiger partial charge is 0.408 e. The molecule has 0 spiro atoms. The number of rotatable bonds is 1. The van der Waals surface area contributed by atoms with Gasteiger partial charge >= 0.3 is 6.09 Å². The second-order valence-corrected chi connectivity index (χ2v) is 4.57. The molecule has 80 valence electrons. The monoisotopic (exact) mass is 273 g/mol. The van der Waals surface area contributed by atoms with Crippen molar-refractivity contribution in [3.8, 4) is 0 Å². The maximum atomic E-state index is 13.6. The molecule has 1 aliphatic rings. The summed E-state index contributed by atoms with van der Waals surface area (Å²) >= 11 is 3.26. The third-order valence-corrected chi connectivity index (χ3v) is 2.89. The van der Waals surface area contributed by atoms with Crippen molar-refractivity contribution in [1.82, 2.24) is 5.32 Å². The summed E-state index contributed by atoms with van der Waals surface area (Å²) < 4.78 is 19.1. The molecule has 5 heteroatoms. The van der Waals surface area contributed by atoms with E-state index in [4.69, 9.17) is 4.74 Å². The van der Waals surface area contributed by atoms with E-state index in [9.17, 15) is 9.18 Å². The molecule has 1 N–H and O–H groups in total. The Morgan fingerprint density at radius 3 is 2.93 bits per heavy atom. The molecule has 3 nitrogen and oxygen atoms in total. The van der Waals surface area contributed by atoms with Crippen molar-refractivity contribution in [2.24, 2.45) is 0 Å². The third kappa shape index (κ3) is 1.84. The van der Waals surface area contributed by atoms with Crippen LogP contribution in [0.25, 0.3) is 0 Å². The van der Waals surface area contributed by atoms with Crippen molar-refractivity contribution in [1.29, 1.82) is 0 Å². The lowest BCUT2D eigenvalue weighted by molar-refractivity contribution is 0.173. The Morgan fingerprint density at radius 2 is 2.33 bits per heavy atom. The van der Waals surface area contributed by atoms with E-state index in [1.807, 2.05) is 0 Å². The molecule has 15 heavy (non-hydrogen) atoms. The van der Waals surface area contributed by atoms with Gasteiger partial charge in [-0.15, -0.1) is 0 Å². The van der Waals surface area contributed by atoms with Crippen molar-refractivity contribution >= 4 is 22.0 Å². The van der Waals surface area contributed by atoms with E-state index >= 15 is 0 Å². The molecule has 0 bridgehead atoms. The highest BCUT2D eigenvalue weighted by atomic mass is 79.9. The fourth-order valence-corrected chi connectivity index (χ4v) is 1.93. The van der Waals surface area contributed by atoms with Gasteiger partial charge in [-0.2, -0.15) is 0 Å². The molecule has 1 saturated heterocycles. The van der Waals surface area contributed by atoms with Gasteiger partial charge in [0.05, 0.1) is 0 Å². The predicted molar refractivity (Wildman–Crippen MR) is 55.9 cm³/mol. The van der Waals surface area contributed by atoms with Gasteiger partial charge in [0.15, 0.2) is 0 Å². The fraction of sp³-hybridized carbons (Fsp3) is 0.300. The van der Waals surface area contributed by atoms with E-state index < -0.39 is 11.6 Å². The highest BCUT2D eigenvalue weighted by Crippen LogP contribution is 2.29. The second kappa shape index (κ2) is 3.48. The molecule has 1 atom stereocenters. The first-order valence-corrected chi connectivity index (χ1v) is 5.21. The van der Waals surface area contributed by atoms with E-state index in [1.54, 1.807) is 19.1 Å². The van der Waals surface area contributed by atoms with Crippen LogP contribution >= 0.6 is 15.9 Å². The molecule has 1 aromatic carbocycles. The third-order valence-electron chi connectivity index (χ3n) is 2.39. The lowest BCUT2D eigenvalue weighted by Gasteiger charge is -2.22. The molecule has 1 unspecified atom stereocenters. The van der Waals surface area contributed by atoms with Crippen molar-refractivity contribution in [2.45, 2.75) is 12.5 Å². The van der Waals surface area contributed by atoms with E-state index in [-0.39, 0.29) is 12.4 Å². The standard InChI is InChI=1S/C10H9BrFNO2/c1-10(5-15-9(14)13-10)7-4-6(11)2-3-8(7)12/h2-4H,5H2,1H3,(H,13,14). The number of ether oxygens (including phenoxy) is 1. The van der Waals surface area contributed by atoms with Crippen molar-refractivity contribution in [3.05, 3.63) is 34.1 Å². The normalized spacial score (nSPS) is 24.9. The van der Waals surface area contributed by atoms with E-state index in [0.29, 0.717) is 5.56 Å². The summed E-state index contributed by atoms with van der Waals surface area (Å²) in [6.07, 6.45) is -0.517. The van der Waals surface area contributed by atoms with Gasteiger partial charge < -0.3 is 10.1 Å². The molecule has 0 aromatic heterocycles. The minimum absolute atomic E-state index is 0.138. The first-order chi connectivity index (χ1) is 7.01. The number of amides is 1. The molecule has 2 rings (SSSR count). The number of carbonyl (C=O) groups excluding carboxylic acids is 1. The number of cyclic esters (lactones) is 1. The van der Waals surface area contributed by atoms with Gasteiger partial charge in [0.1, 0.15) is 18.0 Å². The average Bonchev–Trinajstić information content (AvgIpc) is 2.52. The Balaban J connectivity index is 2.44. The van der Waals surface area contributed by atoms with Crippen LogP contribution in [0.4, 0.5) is 9.18 Å². The molecular formula is C10H9BrFNO2. The largest absolute Gasteiger partial charge is 0.447 e. The van der Waals surface area contributed by atoms with Crippen molar-refractivity contribution < 1.29 is 13.9 Å². The van der Waals surface area contributed by atoms with Gasteiger partial charge in [-0.05, 0) is 25.1 Å². The predicted octanol–water partition coefficient (Wildman–Crippen LogP) is 2.54. The maximum Gasteiger partial charge on any atom is 0.408 e. The Morgan fingerprint density at radius 1 is 1.60 bits per heavy atom. The summed E-state index contributed by atoms with van der Waals surface area (Å²) in [7, 11) is 0. The van der Waals surface area contributed by atoms with Crippen LogP contribution in [0, 0.1) is 5.82 Å². The summed E-state index contributed by atoms with van der Waals surface area (Å²) in [5.74, 6) is -0.355. The fourth-order valence-electron chi connectivity index (χ4n) is 1.57. The SMILES string of the molecule is CC1(c2cc(Br)ccc2F)COC(=O)N1. The summed E-state index contributed by atoms with van der Waals surface area (Å²) in [5.41, 5.74) is -0.368. The number of alkyl carbamates (subject to hydrolysis) is 1. The highest BCUT2D eigenvalue weighted by molar-refractivity contribution is 9.10. The average molecular weight is 274 g/mol. The van der Waals surface area contributed by atoms with Gasteiger partial charge in [-0.1, -0.05) is 15.9 Å². The molecule has 1 aliphatic heterocycles. The zero-order valence-corrected chi connectivity index (χ0v) is 9.60. The number of hydrogen-bond acceptors (Lipinski definition) is 2. The maximum absolute atomic E-state index is 13.6. The molecule has 1 heterocycles. The van der Waals surface area contributed by atoms with E-state index in [2.05, 4.69) is 21.2 Å². The lowest BCUT2D eigenvalue weighted by Crippen LogP contribution is -2.38. The van der Waals surface area contributed by atoms with Gasteiger partial charge in [-0.3, -0.25) is 0 Å². The summed E-state index contributed by atoms with van der Waals surface area (Å²) in [6, 6.07) is 4.61. The molecule has 1 fully saturated rings. The Kier molecular flexibility index (Phi) is 2.42. The first kappa shape index (κ1) is 10.4. The van der Waals surface area contributed by atoms with Gasteiger partial charge in [0, 0.05) is 10.0 Å². The van der Waals surface area contributed by atoms with Crippen LogP contribution in [-0.2, 0) is 10.3 Å². The number of carbonyl (C=O) groups is 1. The quantitative estimate of drug-likeness (QED) is 0.854. The van der Waals surface area contributed by atoms with Crippen LogP contribution in [-0.4, -0.2) is 12.7 Å². The molecular weight excluding hydrogens is 265 g/mol. The molecule has 1 amide bonds. The second-order valence-electron chi connectivity index (χ2n) is 3.66. The van der Waals surface area contributed by atoms with Crippen LogP contribution < -0.4 is 5.32 Å². The van der Waals surface area contributed by atoms with E-state index in [0.717, 1.165) is 4.47 Å². The van der Waals surface area contributed by atoms with Crippen molar-refractivity contribution in [3.63, 3.8) is 0 Å². The Hall–Kier alpha value is -1.10. The summed E-state index contributed by atoms with van der Waals surface area (Å²) in [4.78, 5) is 11.0. The van der Waals surface area contributed by atoms with Gasteiger partial charge in [-0.25, -0.2) is 9.18 Å².